The molecule has 2 aromatic heterocycles. The van der Waals surface area contributed by atoms with Gasteiger partial charge in [0, 0.05) is 11.6 Å². The summed E-state index contributed by atoms with van der Waals surface area (Å²) in [6, 6.07) is 6.08. The molecule has 8 heteroatoms. The Bertz CT molecular complexity index is 866. The first-order valence-corrected chi connectivity index (χ1v) is 8.04. The maximum Gasteiger partial charge on any atom is 0.407 e. The summed E-state index contributed by atoms with van der Waals surface area (Å²) in [6.45, 7) is 5.80. The number of pyridine rings is 2. The average molecular weight is 362 g/mol. The molecule has 8 nitrogen and oxygen atoms in total. The summed E-state index contributed by atoms with van der Waals surface area (Å²) in [5, 5.41) is 2.58. The number of hydrogen-bond donors (Lipinski definition) is 1. The topological polar surface area (TPSA) is 95.3 Å². The van der Waals surface area contributed by atoms with Gasteiger partial charge in [-0.05, 0) is 39.0 Å². The van der Waals surface area contributed by atoms with Crippen LogP contribution in [0.4, 0.5) is 4.79 Å². The SMILES string of the molecule is COC(=O)c1cc(=O)n2cc(OCCNC(=O)OC(C)(C)C)ccc2c1. The molecule has 0 atom stereocenters. The van der Waals surface area contributed by atoms with Crippen molar-refractivity contribution in [3.63, 3.8) is 0 Å². The van der Waals surface area contributed by atoms with Crippen LogP contribution in [0, 0.1) is 0 Å². The highest BCUT2D eigenvalue weighted by Crippen LogP contribution is 2.13. The Kier molecular flexibility index (Phi) is 5.86. The Morgan fingerprint density at radius 1 is 1.19 bits per heavy atom. The van der Waals surface area contributed by atoms with Crippen molar-refractivity contribution in [2.45, 2.75) is 26.4 Å². The van der Waals surface area contributed by atoms with E-state index in [1.807, 2.05) is 0 Å². The lowest BCUT2D eigenvalue weighted by atomic mass is 10.2. The highest BCUT2D eigenvalue weighted by molar-refractivity contribution is 5.90. The van der Waals surface area contributed by atoms with Crippen LogP contribution in [0.2, 0.25) is 0 Å². The molecule has 0 aliphatic heterocycles. The molecule has 0 aliphatic rings. The van der Waals surface area contributed by atoms with Gasteiger partial charge in [0.1, 0.15) is 18.0 Å². The van der Waals surface area contributed by atoms with Crippen molar-refractivity contribution in [2.24, 2.45) is 0 Å². The van der Waals surface area contributed by atoms with Gasteiger partial charge in [-0.25, -0.2) is 9.59 Å². The molecule has 0 radical (unpaired) electrons. The average Bonchev–Trinajstić information content (AvgIpc) is 2.56. The summed E-state index contributed by atoms with van der Waals surface area (Å²) in [5.41, 5.74) is -0.210. The molecule has 0 fully saturated rings. The van der Waals surface area contributed by atoms with Crippen molar-refractivity contribution in [1.29, 1.82) is 0 Å². The summed E-state index contributed by atoms with van der Waals surface area (Å²) in [5.74, 6) is -0.116. The standard InChI is InChI=1S/C18H22N2O6/c1-18(2,3)26-17(23)19-7-8-25-14-6-5-13-9-12(16(22)24-4)10-15(21)20(13)11-14/h5-6,9-11H,7-8H2,1-4H3,(H,19,23). The van der Waals surface area contributed by atoms with Gasteiger partial charge in [0.05, 0.1) is 25.4 Å². The van der Waals surface area contributed by atoms with Crippen molar-refractivity contribution in [3.8, 4) is 5.75 Å². The Morgan fingerprint density at radius 3 is 2.58 bits per heavy atom. The molecule has 140 valence electrons. The molecule has 0 spiro atoms. The first kappa shape index (κ1) is 19.3. The van der Waals surface area contributed by atoms with Crippen molar-refractivity contribution >= 4 is 17.6 Å². The van der Waals surface area contributed by atoms with E-state index in [9.17, 15) is 14.4 Å². The lowest BCUT2D eigenvalue weighted by Crippen LogP contribution is -2.34. The molecule has 0 bridgehead atoms. The number of nitrogens with zero attached hydrogens (tertiary/aromatic N) is 1. The van der Waals surface area contributed by atoms with E-state index in [1.165, 1.54) is 23.8 Å². The van der Waals surface area contributed by atoms with Gasteiger partial charge >= 0.3 is 12.1 Å². The van der Waals surface area contributed by atoms with Crippen LogP contribution in [0.15, 0.2) is 35.3 Å². The highest BCUT2D eigenvalue weighted by atomic mass is 16.6. The summed E-state index contributed by atoms with van der Waals surface area (Å²) in [7, 11) is 1.26. The molecular formula is C18H22N2O6. The second kappa shape index (κ2) is 7.90. The van der Waals surface area contributed by atoms with E-state index in [2.05, 4.69) is 10.1 Å². The molecule has 1 amide bonds. The zero-order valence-corrected chi connectivity index (χ0v) is 15.2. The third kappa shape index (κ3) is 5.23. The van der Waals surface area contributed by atoms with Gasteiger partial charge < -0.3 is 19.5 Å². The van der Waals surface area contributed by atoms with E-state index >= 15 is 0 Å². The number of fused-ring (bicyclic) bond motifs is 1. The number of methoxy groups -OCH3 is 1. The molecule has 0 saturated heterocycles. The number of alkyl carbamates (subject to hydrolysis) is 1. The number of carbonyl (C=O) groups excluding carboxylic acids is 2. The molecule has 2 aromatic rings. The summed E-state index contributed by atoms with van der Waals surface area (Å²) < 4.78 is 16.6. The largest absolute Gasteiger partial charge is 0.490 e. The Labute approximate surface area is 150 Å². The minimum Gasteiger partial charge on any atom is -0.490 e. The third-order valence-electron chi connectivity index (χ3n) is 3.23. The van der Waals surface area contributed by atoms with Crippen LogP contribution >= 0.6 is 0 Å². The molecule has 2 heterocycles. The summed E-state index contributed by atoms with van der Waals surface area (Å²) >= 11 is 0. The maximum absolute atomic E-state index is 12.2. The predicted molar refractivity (Wildman–Crippen MR) is 94.7 cm³/mol. The number of ether oxygens (including phenoxy) is 3. The van der Waals surface area contributed by atoms with E-state index in [1.54, 1.807) is 39.0 Å². The van der Waals surface area contributed by atoms with E-state index in [4.69, 9.17) is 9.47 Å². The van der Waals surface area contributed by atoms with Gasteiger partial charge in [-0.2, -0.15) is 0 Å². The van der Waals surface area contributed by atoms with E-state index in [0.717, 1.165) is 0 Å². The maximum atomic E-state index is 12.2. The molecule has 0 aromatic carbocycles. The van der Waals surface area contributed by atoms with Gasteiger partial charge in [0.2, 0.25) is 0 Å². The van der Waals surface area contributed by atoms with E-state index < -0.39 is 17.7 Å². The molecule has 0 aliphatic carbocycles. The second-order valence-electron chi connectivity index (χ2n) is 6.51. The van der Waals surface area contributed by atoms with Crippen LogP contribution in [-0.4, -0.2) is 42.3 Å². The number of amides is 1. The second-order valence-corrected chi connectivity index (χ2v) is 6.51. The number of hydrogen-bond acceptors (Lipinski definition) is 6. The number of rotatable bonds is 5. The summed E-state index contributed by atoms with van der Waals surface area (Å²) in [4.78, 5) is 35.2. The van der Waals surface area contributed by atoms with Crippen LogP contribution in [0.1, 0.15) is 31.1 Å². The van der Waals surface area contributed by atoms with Gasteiger partial charge in [-0.3, -0.25) is 9.20 Å². The highest BCUT2D eigenvalue weighted by Gasteiger charge is 2.15. The van der Waals surface area contributed by atoms with Crippen molar-refractivity contribution in [2.75, 3.05) is 20.3 Å². The molecule has 1 N–H and O–H groups in total. The van der Waals surface area contributed by atoms with Crippen LogP contribution in [0.3, 0.4) is 0 Å². The number of aromatic nitrogens is 1. The molecule has 0 saturated carbocycles. The van der Waals surface area contributed by atoms with Gasteiger partial charge in [-0.1, -0.05) is 0 Å². The number of esters is 1. The van der Waals surface area contributed by atoms with Gasteiger partial charge in [-0.15, -0.1) is 0 Å². The normalized spacial score (nSPS) is 11.1. The smallest absolute Gasteiger partial charge is 0.407 e. The molecule has 26 heavy (non-hydrogen) atoms. The third-order valence-corrected chi connectivity index (χ3v) is 3.23. The zero-order valence-electron chi connectivity index (χ0n) is 15.2. The fraction of sp³-hybridized carbons (Fsp3) is 0.389. The van der Waals surface area contributed by atoms with Crippen molar-refractivity contribution in [1.82, 2.24) is 9.72 Å². The minimum absolute atomic E-state index is 0.188. The fourth-order valence-electron chi connectivity index (χ4n) is 2.16. The minimum atomic E-state index is -0.571. The Hall–Kier alpha value is -3.03. The quantitative estimate of drug-likeness (QED) is 0.646. The van der Waals surface area contributed by atoms with Crippen LogP contribution in [0.5, 0.6) is 5.75 Å². The van der Waals surface area contributed by atoms with Crippen LogP contribution in [0.25, 0.3) is 5.52 Å². The molecule has 0 unspecified atom stereocenters. The number of carbonyl (C=O) groups is 2. The molecular weight excluding hydrogens is 340 g/mol. The van der Waals surface area contributed by atoms with Crippen molar-refractivity contribution in [3.05, 3.63) is 46.4 Å². The molecule has 2 rings (SSSR count). The lowest BCUT2D eigenvalue weighted by molar-refractivity contribution is 0.0519. The van der Waals surface area contributed by atoms with Crippen molar-refractivity contribution < 1.29 is 23.8 Å². The van der Waals surface area contributed by atoms with Crippen LogP contribution < -0.4 is 15.6 Å². The summed E-state index contributed by atoms with van der Waals surface area (Å²) in [6.07, 6.45) is 0.998. The first-order chi connectivity index (χ1) is 12.2. The fourth-order valence-corrected chi connectivity index (χ4v) is 2.16. The first-order valence-electron chi connectivity index (χ1n) is 8.04. The monoisotopic (exact) mass is 362 g/mol. The lowest BCUT2D eigenvalue weighted by Gasteiger charge is -2.19. The number of nitrogens with one attached hydrogen (secondary N) is 1. The zero-order chi connectivity index (χ0) is 19.3. The predicted octanol–water partition coefficient (Wildman–Crippen LogP) is 1.99. The van der Waals surface area contributed by atoms with E-state index in [0.29, 0.717) is 11.3 Å². The Morgan fingerprint density at radius 2 is 1.92 bits per heavy atom. The van der Waals surface area contributed by atoms with Crippen LogP contribution in [-0.2, 0) is 9.47 Å². The van der Waals surface area contributed by atoms with Gasteiger partial charge in [0.15, 0.2) is 0 Å². The van der Waals surface area contributed by atoms with E-state index in [-0.39, 0.29) is 24.3 Å². The Balaban J connectivity index is 1.99. The van der Waals surface area contributed by atoms with Gasteiger partial charge in [0.25, 0.3) is 5.56 Å².